The molecular weight excluding hydrogens is 601 g/mol. The quantitative estimate of drug-likeness (QED) is 0.166. The van der Waals surface area contributed by atoms with Crippen molar-refractivity contribution < 1.29 is 0 Å². The second kappa shape index (κ2) is 9.80. The third kappa shape index (κ3) is 3.46. The zero-order valence-corrected chi connectivity index (χ0v) is 28.7. The first-order valence-corrected chi connectivity index (χ1v) is 17.8. The van der Waals surface area contributed by atoms with E-state index in [2.05, 4.69) is 161 Å². The predicted molar refractivity (Wildman–Crippen MR) is 219 cm³/mol. The SMILES string of the molecule is Cc1cccc(C)c1-c1c2cc3c(cc2c(-c2c(C)cccc2C)c2c4cccc5cccc(c12)c54)c1cc2ccccc2c2cccc3c21. The highest BCUT2D eigenvalue weighted by Gasteiger charge is 2.27. The Balaban J connectivity index is 1.50. The van der Waals surface area contributed by atoms with Gasteiger partial charge < -0.3 is 0 Å². The van der Waals surface area contributed by atoms with E-state index in [1.165, 1.54) is 131 Å². The minimum Gasteiger partial charge on any atom is -0.0617 e. The first kappa shape index (κ1) is 27.9. The van der Waals surface area contributed by atoms with Gasteiger partial charge in [-0.05, 0) is 177 Å². The Morgan fingerprint density at radius 1 is 0.240 bits per heavy atom. The van der Waals surface area contributed by atoms with Gasteiger partial charge in [-0.1, -0.05) is 115 Å². The molecule has 0 atom stereocenters. The summed E-state index contributed by atoms with van der Waals surface area (Å²) in [5.74, 6) is 0. The van der Waals surface area contributed by atoms with E-state index in [1.54, 1.807) is 0 Å². The van der Waals surface area contributed by atoms with E-state index < -0.39 is 0 Å². The second-order valence-corrected chi connectivity index (χ2v) is 14.6. The van der Waals surface area contributed by atoms with Crippen LogP contribution in [0.3, 0.4) is 0 Å². The Kier molecular flexibility index (Phi) is 5.47. The predicted octanol–water partition coefficient (Wildman–Crippen LogP) is 14.4. The van der Waals surface area contributed by atoms with Gasteiger partial charge in [0.1, 0.15) is 0 Å². The average molecular weight is 635 g/mol. The van der Waals surface area contributed by atoms with Crippen molar-refractivity contribution in [3.05, 3.63) is 156 Å². The summed E-state index contributed by atoms with van der Waals surface area (Å²) in [7, 11) is 0. The lowest BCUT2D eigenvalue weighted by atomic mass is 9.81. The minimum atomic E-state index is 1.29. The summed E-state index contributed by atoms with van der Waals surface area (Å²) in [4.78, 5) is 0. The van der Waals surface area contributed by atoms with Gasteiger partial charge in [-0.25, -0.2) is 0 Å². The zero-order valence-electron chi connectivity index (χ0n) is 28.7. The Labute approximate surface area is 290 Å². The van der Waals surface area contributed by atoms with Crippen molar-refractivity contribution in [2.24, 2.45) is 0 Å². The van der Waals surface area contributed by atoms with Crippen molar-refractivity contribution in [3.8, 4) is 22.3 Å². The molecule has 11 rings (SSSR count). The molecule has 234 valence electrons. The summed E-state index contributed by atoms with van der Waals surface area (Å²) in [6, 6.07) is 50.7. The van der Waals surface area contributed by atoms with E-state index in [0.717, 1.165) is 0 Å². The third-order valence-electron chi connectivity index (χ3n) is 11.8. The van der Waals surface area contributed by atoms with Gasteiger partial charge in [0.15, 0.2) is 0 Å². The van der Waals surface area contributed by atoms with Crippen molar-refractivity contribution in [3.63, 3.8) is 0 Å². The molecule has 0 fully saturated rings. The smallest absolute Gasteiger partial charge is 0.000721 e. The van der Waals surface area contributed by atoms with Gasteiger partial charge >= 0.3 is 0 Å². The normalized spacial score (nSPS) is 12.4. The number of hydrogen-bond acceptors (Lipinski definition) is 0. The van der Waals surface area contributed by atoms with Gasteiger partial charge in [0.2, 0.25) is 0 Å². The molecule has 0 radical (unpaired) electrons. The van der Waals surface area contributed by atoms with Crippen LogP contribution in [0.2, 0.25) is 0 Å². The minimum absolute atomic E-state index is 1.29. The van der Waals surface area contributed by atoms with Crippen molar-refractivity contribution in [1.82, 2.24) is 0 Å². The van der Waals surface area contributed by atoms with Gasteiger partial charge in [0.25, 0.3) is 0 Å². The van der Waals surface area contributed by atoms with E-state index >= 15 is 0 Å². The highest BCUT2D eigenvalue weighted by atomic mass is 14.3. The summed E-state index contributed by atoms with van der Waals surface area (Å²) in [5.41, 5.74) is 10.7. The summed E-state index contributed by atoms with van der Waals surface area (Å²) < 4.78 is 0. The summed E-state index contributed by atoms with van der Waals surface area (Å²) in [5, 5.41) is 21.5. The fourth-order valence-corrected chi connectivity index (χ4v) is 9.81. The fourth-order valence-electron chi connectivity index (χ4n) is 9.81. The number of fused-ring (bicyclic) bond motifs is 9. The highest BCUT2D eigenvalue weighted by Crippen LogP contribution is 2.54. The zero-order chi connectivity index (χ0) is 33.4. The lowest BCUT2D eigenvalue weighted by Crippen LogP contribution is -1.95. The van der Waals surface area contributed by atoms with Crippen LogP contribution in [0.5, 0.6) is 0 Å². The Morgan fingerprint density at radius 3 is 1.24 bits per heavy atom. The van der Waals surface area contributed by atoms with Crippen LogP contribution in [0.1, 0.15) is 22.3 Å². The highest BCUT2D eigenvalue weighted by molar-refractivity contribution is 6.42. The van der Waals surface area contributed by atoms with E-state index in [4.69, 9.17) is 0 Å². The number of benzene rings is 9. The van der Waals surface area contributed by atoms with E-state index in [0.29, 0.717) is 0 Å². The van der Waals surface area contributed by atoms with Crippen LogP contribution in [0, 0.1) is 27.7 Å². The van der Waals surface area contributed by atoms with Gasteiger partial charge in [-0.3, -0.25) is 0 Å². The molecule has 0 amide bonds. The van der Waals surface area contributed by atoms with E-state index in [1.807, 2.05) is 0 Å². The molecular formula is C50H34. The lowest BCUT2D eigenvalue weighted by Gasteiger charge is -2.21. The van der Waals surface area contributed by atoms with Crippen LogP contribution >= 0.6 is 0 Å². The van der Waals surface area contributed by atoms with Crippen molar-refractivity contribution in [1.29, 1.82) is 0 Å². The van der Waals surface area contributed by atoms with E-state index in [9.17, 15) is 0 Å². The van der Waals surface area contributed by atoms with Gasteiger partial charge in [-0.2, -0.15) is 0 Å². The first-order chi connectivity index (χ1) is 24.5. The largest absolute Gasteiger partial charge is 0.0617 e. The molecule has 0 aliphatic heterocycles. The molecule has 50 heavy (non-hydrogen) atoms. The molecule has 0 heteroatoms. The lowest BCUT2D eigenvalue weighted by molar-refractivity contribution is 1.39. The van der Waals surface area contributed by atoms with Crippen LogP contribution in [0.4, 0.5) is 0 Å². The van der Waals surface area contributed by atoms with Crippen LogP contribution in [-0.2, 0) is 0 Å². The van der Waals surface area contributed by atoms with Gasteiger partial charge in [-0.15, -0.1) is 0 Å². The Morgan fingerprint density at radius 2 is 0.660 bits per heavy atom. The maximum atomic E-state index is 2.57. The monoisotopic (exact) mass is 634 g/mol. The maximum Gasteiger partial charge on any atom is -0.000721 e. The molecule has 0 heterocycles. The summed E-state index contributed by atoms with van der Waals surface area (Å²) >= 11 is 0. The molecule has 0 aromatic heterocycles. The Bertz CT molecular complexity index is 3180. The van der Waals surface area contributed by atoms with Crippen LogP contribution in [0.25, 0.3) is 108 Å². The second-order valence-electron chi connectivity index (χ2n) is 14.6. The molecule has 0 saturated heterocycles. The molecule has 0 spiro atoms. The molecule has 0 bridgehead atoms. The van der Waals surface area contributed by atoms with E-state index in [-0.39, 0.29) is 0 Å². The average Bonchev–Trinajstić information content (AvgIpc) is 3.62. The molecule has 0 nitrogen and oxygen atoms in total. The van der Waals surface area contributed by atoms with Crippen LogP contribution in [-0.4, -0.2) is 0 Å². The topological polar surface area (TPSA) is 0 Å². The molecule has 0 saturated carbocycles. The number of aryl methyl sites for hydroxylation is 4. The molecule has 11 aromatic rings. The van der Waals surface area contributed by atoms with Crippen molar-refractivity contribution in [2.45, 2.75) is 27.7 Å². The third-order valence-corrected chi connectivity index (χ3v) is 11.8. The van der Waals surface area contributed by atoms with Crippen molar-refractivity contribution in [2.75, 3.05) is 0 Å². The number of hydrogen-bond donors (Lipinski definition) is 0. The molecule has 0 N–H and O–H groups in total. The molecule has 0 aliphatic carbocycles. The first-order valence-electron chi connectivity index (χ1n) is 17.8. The van der Waals surface area contributed by atoms with Gasteiger partial charge in [0.05, 0.1) is 0 Å². The molecule has 0 aliphatic rings. The number of rotatable bonds is 2. The maximum absolute atomic E-state index is 2.57. The molecule has 0 unspecified atom stereocenters. The van der Waals surface area contributed by atoms with Crippen LogP contribution in [0.15, 0.2) is 133 Å². The summed E-state index contributed by atoms with van der Waals surface area (Å²) in [6.07, 6.45) is 0. The summed E-state index contributed by atoms with van der Waals surface area (Å²) in [6.45, 7) is 9.16. The van der Waals surface area contributed by atoms with Crippen LogP contribution < -0.4 is 0 Å². The Hall–Kier alpha value is -5.98. The van der Waals surface area contributed by atoms with Crippen molar-refractivity contribution >= 4 is 86.2 Å². The standard InChI is InChI=1S/C50H34/c1-27-12-7-13-28(2)43(27)49-41-25-38-35-21-11-20-34-33-19-6-5-16-32(33)24-40(46(34)35)39(38)26-42(41)50(44-29(3)14-8-15-30(44)4)48-37-23-10-18-31-17-9-22-36(45(31)37)47(48)49/h5-26H,1-4H3. The molecule has 11 aromatic carbocycles. The fraction of sp³-hybridized carbons (Fsp3) is 0.0800. The van der Waals surface area contributed by atoms with Gasteiger partial charge in [0, 0.05) is 0 Å².